The number of rotatable bonds is 2. The van der Waals surface area contributed by atoms with Crippen LogP contribution in [0.3, 0.4) is 0 Å². The lowest BCUT2D eigenvalue weighted by atomic mass is 9.95. The average Bonchev–Trinajstić information content (AvgIpc) is 2.74. The van der Waals surface area contributed by atoms with Gasteiger partial charge in [0.2, 0.25) is 0 Å². The standard InChI is InChI=1S/C18H24N2O4/c1-19-13-18(24-17(19)21)5-2-7-20(8-6-18)12-14-3-4-15-16(11-14)23-10-9-22-15/h3-4,11H,2,5-10,12-13H2,1H3/t18-/m1/s1. The van der Waals surface area contributed by atoms with Gasteiger partial charge in [0.15, 0.2) is 11.5 Å². The third-order valence-corrected chi connectivity index (χ3v) is 5.14. The Hall–Kier alpha value is -1.95. The molecule has 1 amide bonds. The van der Waals surface area contributed by atoms with Gasteiger partial charge in [0, 0.05) is 26.6 Å². The highest BCUT2D eigenvalue weighted by Crippen LogP contribution is 2.34. The van der Waals surface area contributed by atoms with E-state index in [0.717, 1.165) is 50.4 Å². The summed E-state index contributed by atoms with van der Waals surface area (Å²) >= 11 is 0. The van der Waals surface area contributed by atoms with Crippen LogP contribution in [0.1, 0.15) is 24.8 Å². The predicted molar refractivity (Wildman–Crippen MR) is 88.4 cm³/mol. The van der Waals surface area contributed by atoms with Gasteiger partial charge in [0.05, 0.1) is 6.54 Å². The molecule has 4 rings (SSSR count). The van der Waals surface area contributed by atoms with Crippen molar-refractivity contribution in [3.05, 3.63) is 23.8 Å². The quantitative estimate of drug-likeness (QED) is 0.831. The number of fused-ring (bicyclic) bond motifs is 1. The van der Waals surface area contributed by atoms with Crippen molar-refractivity contribution in [2.75, 3.05) is 39.9 Å². The molecule has 0 N–H and O–H groups in total. The first-order chi connectivity index (χ1) is 11.6. The van der Waals surface area contributed by atoms with Gasteiger partial charge in [0.25, 0.3) is 0 Å². The summed E-state index contributed by atoms with van der Waals surface area (Å²) in [5.41, 5.74) is 0.948. The van der Waals surface area contributed by atoms with E-state index >= 15 is 0 Å². The summed E-state index contributed by atoms with van der Waals surface area (Å²) in [6, 6.07) is 6.19. The highest BCUT2D eigenvalue weighted by Gasteiger charge is 2.44. The maximum absolute atomic E-state index is 11.7. The molecule has 2 saturated heterocycles. The normalized spacial score (nSPS) is 27.2. The van der Waals surface area contributed by atoms with Crippen LogP contribution in [0, 0.1) is 0 Å². The number of carbonyl (C=O) groups excluding carboxylic acids is 1. The number of likely N-dealkylation sites (tertiary alicyclic amines) is 1. The molecule has 1 atom stereocenters. The molecular weight excluding hydrogens is 308 g/mol. The molecule has 2 fully saturated rings. The summed E-state index contributed by atoms with van der Waals surface area (Å²) in [5, 5.41) is 0. The van der Waals surface area contributed by atoms with Crippen LogP contribution in [-0.4, -0.2) is 61.4 Å². The first-order valence-electron chi connectivity index (χ1n) is 8.69. The molecule has 0 aromatic heterocycles. The van der Waals surface area contributed by atoms with E-state index in [0.29, 0.717) is 19.8 Å². The minimum Gasteiger partial charge on any atom is -0.486 e. The van der Waals surface area contributed by atoms with Gasteiger partial charge < -0.3 is 19.1 Å². The van der Waals surface area contributed by atoms with Crippen LogP contribution in [0.25, 0.3) is 0 Å². The molecule has 6 heteroatoms. The van der Waals surface area contributed by atoms with Crippen molar-refractivity contribution in [3.63, 3.8) is 0 Å². The average molecular weight is 332 g/mol. The van der Waals surface area contributed by atoms with Gasteiger partial charge in [-0.15, -0.1) is 0 Å². The molecule has 0 aliphatic carbocycles. The lowest BCUT2D eigenvalue weighted by molar-refractivity contribution is 0.0443. The van der Waals surface area contributed by atoms with Gasteiger partial charge in [0.1, 0.15) is 18.8 Å². The SMILES string of the molecule is CN1C[C@]2(CCCN(Cc3ccc4c(c3)OCCO4)CC2)OC1=O. The van der Waals surface area contributed by atoms with Crippen molar-refractivity contribution in [2.24, 2.45) is 0 Å². The fourth-order valence-corrected chi connectivity index (χ4v) is 3.88. The molecule has 130 valence electrons. The summed E-state index contributed by atoms with van der Waals surface area (Å²) < 4.78 is 16.9. The van der Waals surface area contributed by atoms with Crippen LogP contribution < -0.4 is 9.47 Å². The fraction of sp³-hybridized carbons (Fsp3) is 0.611. The predicted octanol–water partition coefficient (Wildman–Crippen LogP) is 2.26. The van der Waals surface area contributed by atoms with Crippen molar-refractivity contribution >= 4 is 6.09 Å². The molecule has 0 saturated carbocycles. The third kappa shape index (κ3) is 3.02. The Labute approximate surface area is 142 Å². The minimum absolute atomic E-state index is 0.185. The molecule has 24 heavy (non-hydrogen) atoms. The van der Waals surface area contributed by atoms with Crippen LogP contribution in [0.5, 0.6) is 11.5 Å². The summed E-state index contributed by atoms with van der Waals surface area (Å²) in [7, 11) is 1.81. The van der Waals surface area contributed by atoms with E-state index in [1.807, 2.05) is 13.1 Å². The van der Waals surface area contributed by atoms with Crippen LogP contribution in [0.2, 0.25) is 0 Å². The Morgan fingerprint density at radius 2 is 1.96 bits per heavy atom. The summed E-state index contributed by atoms with van der Waals surface area (Å²) in [5.74, 6) is 1.68. The highest BCUT2D eigenvalue weighted by atomic mass is 16.6. The molecule has 1 spiro atoms. The molecule has 1 aromatic rings. The van der Waals surface area contributed by atoms with Crippen LogP contribution in [0.4, 0.5) is 4.79 Å². The van der Waals surface area contributed by atoms with Gasteiger partial charge >= 0.3 is 6.09 Å². The van der Waals surface area contributed by atoms with Gasteiger partial charge in [-0.2, -0.15) is 0 Å². The zero-order valence-electron chi connectivity index (χ0n) is 14.1. The Balaban J connectivity index is 1.40. The monoisotopic (exact) mass is 332 g/mol. The molecular formula is C18H24N2O4. The maximum atomic E-state index is 11.7. The smallest absolute Gasteiger partial charge is 0.410 e. The van der Waals surface area contributed by atoms with E-state index in [1.54, 1.807) is 4.90 Å². The van der Waals surface area contributed by atoms with Crippen LogP contribution in [-0.2, 0) is 11.3 Å². The Morgan fingerprint density at radius 3 is 2.75 bits per heavy atom. The lowest BCUT2D eigenvalue weighted by Crippen LogP contribution is -2.35. The van der Waals surface area contributed by atoms with Crippen LogP contribution in [0.15, 0.2) is 18.2 Å². The van der Waals surface area contributed by atoms with Crippen molar-refractivity contribution in [2.45, 2.75) is 31.4 Å². The van der Waals surface area contributed by atoms with E-state index < -0.39 is 0 Å². The van der Waals surface area contributed by atoms with Gasteiger partial charge in [-0.25, -0.2) is 4.79 Å². The molecule has 0 unspecified atom stereocenters. The van der Waals surface area contributed by atoms with Crippen molar-refractivity contribution in [3.8, 4) is 11.5 Å². The highest BCUT2D eigenvalue weighted by molar-refractivity contribution is 5.70. The maximum Gasteiger partial charge on any atom is 0.410 e. The number of hydrogen-bond donors (Lipinski definition) is 0. The van der Waals surface area contributed by atoms with Crippen molar-refractivity contribution < 1.29 is 19.0 Å². The summed E-state index contributed by atoms with van der Waals surface area (Å²) in [6.07, 6.45) is 2.70. The zero-order chi connectivity index (χ0) is 16.6. The first kappa shape index (κ1) is 15.6. The van der Waals surface area contributed by atoms with Crippen molar-refractivity contribution in [1.82, 2.24) is 9.80 Å². The zero-order valence-corrected chi connectivity index (χ0v) is 14.1. The topological polar surface area (TPSA) is 51.2 Å². The van der Waals surface area contributed by atoms with E-state index in [-0.39, 0.29) is 11.7 Å². The lowest BCUT2D eigenvalue weighted by Gasteiger charge is -2.25. The van der Waals surface area contributed by atoms with E-state index in [2.05, 4.69) is 17.0 Å². The molecule has 6 nitrogen and oxygen atoms in total. The Kier molecular flexibility index (Phi) is 4.00. The van der Waals surface area contributed by atoms with Gasteiger partial charge in [-0.05, 0) is 37.1 Å². The number of nitrogens with zero attached hydrogens (tertiary/aromatic N) is 2. The number of likely N-dealkylation sites (N-methyl/N-ethyl adjacent to an activating group) is 1. The number of carbonyl (C=O) groups is 1. The van der Waals surface area contributed by atoms with Gasteiger partial charge in [-0.3, -0.25) is 4.90 Å². The molecule has 1 aromatic carbocycles. The number of ether oxygens (including phenoxy) is 3. The second-order valence-electron chi connectivity index (χ2n) is 7.01. The minimum atomic E-state index is -0.284. The van der Waals surface area contributed by atoms with Crippen LogP contribution >= 0.6 is 0 Å². The molecule has 3 aliphatic heterocycles. The Morgan fingerprint density at radius 1 is 1.12 bits per heavy atom. The van der Waals surface area contributed by atoms with E-state index in [9.17, 15) is 4.79 Å². The third-order valence-electron chi connectivity index (χ3n) is 5.14. The number of benzene rings is 1. The van der Waals surface area contributed by atoms with Gasteiger partial charge in [-0.1, -0.05) is 6.07 Å². The molecule has 0 radical (unpaired) electrons. The fourth-order valence-electron chi connectivity index (χ4n) is 3.88. The van der Waals surface area contributed by atoms with E-state index in [1.165, 1.54) is 5.56 Å². The van der Waals surface area contributed by atoms with E-state index in [4.69, 9.17) is 14.2 Å². The summed E-state index contributed by atoms with van der Waals surface area (Å²) in [4.78, 5) is 15.9. The van der Waals surface area contributed by atoms with Crippen molar-refractivity contribution in [1.29, 1.82) is 0 Å². The second-order valence-corrected chi connectivity index (χ2v) is 7.01. The number of hydrogen-bond acceptors (Lipinski definition) is 5. The molecule has 3 heterocycles. The second kappa shape index (κ2) is 6.16. The first-order valence-corrected chi connectivity index (χ1v) is 8.69. The molecule has 0 bridgehead atoms. The largest absolute Gasteiger partial charge is 0.486 e. The number of amides is 1. The Bertz CT molecular complexity index is 635. The summed E-state index contributed by atoms with van der Waals surface area (Å²) in [6.45, 7) is 4.79. The molecule has 3 aliphatic rings.